The van der Waals surface area contributed by atoms with Gasteiger partial charge in [-0.15, -0.1) is 11.8 Å². The Kier molecular flexibility index (Phi) is 7.25. The van der Waals surface area contributed by atoms with Crippen molar-refractivity contribution in [2.24, 2.45) is 0 Å². The van der Waals surface area contributed by atoms with Crippen molar-refractivity contribution in [2.75, 3.05) is 25.2 Å². The Morgan fingerprint density at radius 1 is 1.08 bits per heavy atom. The zero-order valence-electron chi connectivity index (χ0n) is 15.2. The number of anilines is 1. The van der Waals surface area contributed by atoms with Crippen LogP contribution in [0, 0.1) is 0 Å². The molecule has 1 amide bonds. The standard InChI is InChI=1S/C19H24N2O3S2/c1-4-5-14-21(2)26(23,24)18-12-6-15(7-13-18)19(22)20-16-8-10-17(25-3)11-9-16/h6-13H,4-5,14H2,1-3H3,(H,20,22). The van der Waals surface area contributed by atoms with E-state index in [2.05, 4.69) is 5.32 Å². The molecule has 0 aliphatic heterocycles. The molecule has 0 fully saturated rings. The number of thioether (sulfide) groups is 1. The molecule has 1 N–H and O–H groups in total. The minimum absolute atomic E-state index is 0.192. The fourth-order valence-electron chi connectivity index (χ4n) is 2.34. The number of amides is 1. The number of benzene rings is 2. The molecule has 0 bridgehead atoms. The van der Waals surface area contributed by atoms with Crippen LogP contribution in [0.3, 0.4) is 0 Å². The normalized spacial score (nSPS) is 11.5. The number of carbonyl (C=O) groups is 1. The SMILES string of the molecule is CCCCN(C)S(=O)(=O)c1ccc(C(=O)Nc2ccc(SC)cc2)cc1. The Hall–Kier alpha value is -1.83. The lowest BCUT2D eigenvalue weighted by Gasteiger charge is -2.17. The van der Waals surface area contributed by atoms with Gasteiger partial charge in [0.05, 0.1) is 4.90 Å². The summed E-state index contributed by atoms with van der Waals surface area (Å²) in [6.45, 7) is 2.50. The number of carbonyl (C=O) groups excluding carboxylic acids is 1. The van der Waals surface area contributed by atoms with E-state index in [0.29, 0.717) is 17.8 Å². The lowest BCUT2D eigenvalue weighted by atomic mass is 10.2. The molecule has 2 rings (SSSR count). The molecule has 0 saturated heterocycles. The third kappa shape index (κ3) is 5.09. The Morgan fingerprint density at radius 2 is 1.69 bits per heavy atom. The van der Waals surface area contributed by atoms with E-state index in [-0.39, 0.29) is 10.8 Å². The fourth-order valence-corrected chi connectivity index (χ4v) is 3.95. The molecule has 140 valence electrons. The molecular weight excluding hydrogens is 368 g/mol. The Bertz CT molecular complexity index is 832. The maximum Gasteiger partial charge on any atom is 0.255 e. The van der Waals surface area contributed by atoms with E-state index in [1.54, 1.807) is 18.8 Å². The number of unbranched alkanes of at least 4 members (excludes halogenated alkanes) is 1. The molecule has 5 nitrogen and oxygen atoms in total. The first-order valence-electron chi connectivity index (χ1n) is 8.40. The number of sulfonamides is 1. The van der Waals surface area contributed by atoms with E-state index in [0.717, 1.165) is 17.7 Å². The van der Waals surface area contributed by atoms with Crippen LogP contribution in [-0.4, -0.2) is 38.5 Å². The highest BCUT2D eigenvalue weighted by molar-refractivity contribution is 7.98. The Morgan fingerprint density at radius 3 is 2.23 bits per heavy atom. The molecule has 26 heavy (non-hydrogen) atoms. The highest BCUT2D eigenvalue weighted by Gasteiger charge is 2.20. The Labute approximate surface area is 159 Å². The quantitative estimate of drug-likeness (QED) is 0.688. The van der Waals surface area contributed by atoms with Gasteiger partial charge in [0.2, 0.25) is 10.0 Å². The van der Waals surface area contributed by atoms with Gasteiger partial charge in [0, 0.05) is 29.7 Å². The predicted octanol–water partition coefficient (Wildman–Crippen LogP) is 4.08. The molecule has 2 aromatic rings. The summed E-state index contributed by atoms with van der Waals surface area (Å²) in [4.78, 5) is 13.6. The van der Waals surface area contributed by atoms with Gasteiger partial charge in [0.15, 0.2) is 0 Å². The zero-order valence-corrected chi connectivity index (χ0v) is 16.9. The minimum Gasteiger partial charge on any atom is -0.322 e. The van der Waals surface area contributed by atoms with Crippen LogP contribution in [-0.2, 0) is 10.0 Å². The average molecular weight is 393 g/mol. The van der Waals surface area contributed by atoms with E-state index < -0.39 is 10.0 Å². The smallest absolute Gasteiger partial charge is 0.255 e. The minimum atomic E-state index is -3.52. The summed E-state index contributed by atoms with van der Waals surface area (Å²) in [7, 11) is -1.95. The first kappa shape index (κ1) is 20.5. The molecule has 0 aliphatic rings. The van der Waals surface area contributed by atoms with E-state index in [4.69, 9.17) is 0 Å². The molecule has 0 saturated carbocycles. The van der Waals surface area contributed by atoms with Crippen molar-refractivity contribution in [1.29, 1.82) is 0 Å². The summed E-state index contributed by atoms with van der Waals surface area (Å²) in [6, 6.07) is 13.6. The van der Waals surface area contributed by atoms with Crippen LogP contribution in [0.4, 0.5) is 5.69 Å². The molecule has 7 heteroatoms. The first-order chi connectivity index (χ1) is 12.4. The van der Waals surface area contributed by atoms with Crippen LogP contribution in [0.15, 0.2) is 58.3 Å². The maximum atomic E-state index is 12.5. The topological polar surface area (TPSA) is 66.5 Å². The van der Waals surface area contributed by atoms with Crippen LogP contribution >= 0.6 is 11.8 Å². The summed E-state index contributed by atoms with van der Waals surface area (Å²) in [5.74, 6) is -0.273. The fraction of sp³-hybridized carbons (Fsp3) is 0.316. The summed E-state index contributed by atoms with van der Waals surface area (Å²) in [6.07, 6.45) is 3.73. The second kappa shape index (κ2) is 9.21. The summed E-state index contributed by atoms with van der Waals surface area (Å²) >= 11 is 1.63. The van der Waals surface area contributed by atoms with Crippen molar-refractivity contribution in [3.05, 3.63) is 54.1 Å². The molecule has 0 spiro atoms. The highest BCUT2D eigenvalue weighted by atomic mass is 32.2. The van der Waals surface area contributed by atoms with Gasteiger partial charge in [-0.05, 0) is 61.2 Å². The number of hydrogen-bond donors (Lipinski definition) is 1. The first-order valence-corrected chi connectivity index (χ1v) is 11.1. The van der Waals surface area contributed by atoms with Crippen molar-refractivity contribution >= 4 is 33.4 Å². The monoisotopic (exact) mass is 392 g/mol. The largest absolute Gasteiger partial charge is 0.322 e. The van der Waals surface area contributed by atoms with Crippen molar-refractivity contribution in [1.82, 2.24) is 4.31 Å². The lowest BCUT2D eigenvalue weighted by Crippen LogP contribution is -2.28. The molecule has 0 aromatic heterocycles. The maximum absolute atomic E-state index is 12.5. The van der Waals surface area contributed by atoms with Crippen LogP contribution in [0.5, 0.6) is 0 Å². The van der Waals surface area contributed by atoms with Gasteiger partial charge in [-0.2, -0.15) is 0 Å². The average Bonchev–Trinajstić information content (AvgIpc) is 2.66. The van der Waals surface area contributed by atoms with Crippen LogP contribution in [0.25, 0.3) is 0 Å². The van der Waals surface area contributed by atoms with Crippen molar-refractivity contribution in [3.63, 3.8) is 0 Å². The lowest BCUT2D eigenvalue weighted by molar-refractivity contribution is 0.102. The molecule has 0 atom stereocenters. The van der Waals surface area contributed by atoms with Gasteiger partial charge in [0.25, 0.3) is 5.91 Å². The van der Waals surface area contributed by atoms with Crippen molar-refractivity contribution < 1.29 is 13.2 Å². The number of hydrogen-bond acceptors (Lipinski definition) is 4. The van der Waals surface area contributed by atoms with Gasteiger partial charge in [0.1, 0.15) is 0 Å². The third-order valence-electron chi connectivity index (χ3n) is 4.00. The van der Waals surface area contributed by atoms with Crippen molar-refractivity contribution in [2.45, 2.75) is 29.6 Å². The van der Waals surface area contributed by atoms with Crippen molar-refractivity contribution in [3.8, 4) is 0 Å². The van der Waals surface area contributed by atoms with Crippen LogP contribution in [0.2, 0.25) is 0 Å². The van der Waals surface area contributed by atoms with Crippen LogP contribution in [0.1, 0.15) is 30.1 Å². The van der Waals surface area contributed by atoms with Crippen LogP contribution < -0.4 is 5.32 Å². The number of rotatable bonds is 8. The van der Waals surface area contributed by atoms with Gasteiger partial charge in [-0.1, -0.05) is 13.3 Å². The van der Waals surface area contributed by atoms with E-state index in [9.17, 15) is 13.2 Å². The molecule has 0 heterocycles. The second-order valence-corrected chi connectivity index (χ2v) is 8.81. The molecular formula is C19H24N2O3S2. The van der Waals surface area contributed by atoms with E-state index in [1.807, 2.05) is 37.4 Å². The number of nitrogens with one attached hydrogen (secondary N) is 1. The van der Waals surface area contributed by atoms with Gasteiger partial charge in [-0.3, -0.25) is 4.79 Å². The molecule has 0 unspecified atom stereocenters. The molecule has 0 radical (unpaired) electrons. The van der Waals surface area contributed by atoms with E-state index >= 15 is 0 Å². The number of nitrogens with zero attached hydrogens (tertiary/aromatic N) is 1. The van der Waals surface area contributed by atoms with E-state index in [1.165, 1.54) is 28.6 Å². The Balaban J connectivity index is 2.09. The highest BCUT2D eigenvalue weighted by Crippen LogP contribution is 2.19. The third-order valence-corrected chi connectivity index (χ3v) is 6.61. The van der Waals surface area contributed by atoms with Gasteiger partial charge >= 0.3 is 0 Å². The second-order valence-electron chi connectivity index (χ2n) is 5.89. The molecule has 2 aromatic carbocycles. The predicted molar refractivity (Wildman–Crippen MR) is 107 cm³/mol. The van der Waals surface area contributed by atoms with Gasteiger partial charge < -0.3 is 5.32 Å². The van der Waals surface area contributed by atoms with Gasteiger partial charge in [-0.25, -0.2) is 12.7 Å². The summed E-state index contributed by atoms with van der Waals surface area (Å²) in [5.41, 5.74) is 1.11. The summed E-state index contributed by atoms with van der Waals surface area (Å²) < 4.78 is 26.3. The summed E-state index contributed by atoms with van der Waals surface area (Å²) in [5, 5.41) is 2.81. The molecule has 0 aliphatic carbocycles. The zero-order chi connectivity index (χ0) is 19.2.